The van der Waals surface area contributed by atoms with Crippen molar-refractivity contribution in [1.29, 1.82) is 0 Å². The van der Waals surface area contributed by atoms with Crippen LogP contribution in [0, 0.1) is 0 Å². The molecule has 0 fully saturated rings. The Kier molecular flexibility index (Phi) is 6.05. The molecule has 1 aromatic heterocycles. The Labute approximate surface area is 180 Å². The summed E-state index contributed by atoms with van der Waals surface area (Å²) in [5.41, 5.74) is 5.31. The van der Waals surface area contributed by atoms with Crippen molar-refractivity contribution < 1.29 is 9.90 Å². The summed E-state index contributed by atoms with van der Waals surface area (Å²) < 4.78 is 2.19. The first-order chi connectivity index (χ1) is 14.6. The highest BCUT2D eigenvalue weighted by molar-refractivity contribution is 6.36. The lowest BCUT2D eigenvalue weighted by atomic mass is 10.1. The van der Waals surface area contributed by atoms with Crippen LogP contribution in [0.5, 0.6) is 0 Å². The van der Waals surface area contributed by atoms with Crippen LogP contribution in [0.2, 0.25) is 5.02 Å². The molecule has 0 spiro atoms. The van der Waals surface area contributed by atoms with Gasteiger partial charge in [-0.1, -0.05) is 66.2 Å². The summed E-state index contributed by atoms with van der Waals surface area (Å²) in [5, 5.41) is 14.1. The molecule has 30 heavy (non-hydrogen) atoms. The van der Waals surface area contributed by atoms with Crippen molar-refractivity contribution >= 4 is 34.2 Å². The quantitative estimate of drug-likeness (QED) is 0.370. The van der Waals surface area contributed by atoms with E-state index in [-0.39, 0.29) is 6.42 Å². The number of aryl methyl sites for hydroxylation is 1. The van der Waals surface area contributed by atoms with Gasteiger partial charge in [-0.2, -0.15) is 0 Å². The van der Waals surface area contributed by atoms with Crippen LogP contribution in [0.15, 0.2) is 79.0 Å². The summed E-state index contributed by atoms with van der Waals surface area (Å²) >= 11 is 6.80. The third-order valence-electron chi connectivity index (χ3n) is 5.21. The number of carbonyl (C=O) groups is 1. The van der Waals surface area contributed by atoms with Gasteiger partial charge in [0.25, 0.3) is 0 Å². The van der Waals surface area contributed by atoms with Gasteiger partial charge in [-0.25, -0.2) is 0 Å². The van der Waals surface area contributed by atoms with Crippen LogP contribution >= 0.6 is 11.6 Å². The van der Waals surface area contributed by atoms with Gasteiger partial charge in [-0.05, 0) is 41.3 Å². The smallest absolute Gasteiger partial charge is 0.303 e. The van der Waals surface area contributed by atoms with Crippen molar-refractivity contribution in [2.75, 3.05) is 5.32 Å². The van der Waals surface area contributed by atoms with Crippen LogP contribution in [0.3, 0.4) is 0 Å². The Bertz CT molecular complexity index is 1150. The molecule has 2 N–H and O–H groups in total. The lowest BCUT2D eigenvalue weighted by Gasteiger charge is -2.12. The van der Waals surface area contributed by atoms with E-state index in [0.29, 0.717) is 13.0 Å². The molecule has 0 saturated heterocycles. The summed E-state index contributed by atoms with van der Waals surface area (Å²) in [5.74, 6) is -0.778. The Morgan fingerprint density at radius 2 is 1.70 bits per heavy atom. The molecular formula is C25H23ClN2O2. The maximum atomic E-state index is 10.7. The molecule has 1 heterocycles. The largest absolute Gasteiger partial charge is 0.481 e. The predicted molar refractivity (Wildman–Crippen MR) is 122 cm³/mol. The molecule has 0 amide bonds. The van der Waals surface area contributed by atoms with Crippen LogP contribution in [0.1, 0.15) is 23.1 Å². The number of nitrogens with zero attached hydrogens (tertiary/aromatic N) is 1. The van der Waals surface area contributed by atoms with Crippen LogP contribution < -0.4 is 5.32 Å². The van der Waals surface area contributed by atoms with Crippen molar-refractivity contribution in [3.05, 3.63) is 101 Å². The number of anilines is 1. The molecule has 152 valence electrons. The van der Waals surface area contributed by atoms with Gasteiger partial charge >= 0.3 is 5.97 Å². The Morgan fingerprint density at radius 1 is 0.933 bits per heavy atom. The van der Waals surface area contributed by atoms with E-state index in [4.69, 9.17) is 16.7 Å². The van der Waals surface area contributed by atoms with E-state index >= 15 is 0 Å². The zero-order valence-electron chi connectivity index (χ0n) is 16.5. The summed E-state index contributed by atoms with van der Waals surface area (Å²) in [6.45, 7) is 1.39. The maximum Gasteiger partial charge on any atom is 0.303 e. The number of benzene rings is 3. The van der Waals surface area contributed by atoms with Crippen molar-refractivity contribution in [3.8, 4) is 0 Å². The van der Waals surface area contributed by atoms with Gasteiger partial charge in [0.05, 0.1) is 10.5 Å². The number of fused-ring (bicyclic) bond motifs is 1. The van der Waals surface area contributed by atoms with E-state index < -0.39 is 5.97 Å². The molecule has 0 unspecified atom stereocenters. The minimum absolute atomic E-state index is 0.144. The molecule has 4 rings (SSSR count). The highest BCUT2D eigenvalue weighted by Crippen LogP contribution is 2.29. The summed E-state index contributed by atoms with van der Waals surface area (Å²) in [6.07, 6.45) is 2.76. The number of aliphatic carboxylic acids is 1. The van der Waals surface area contributed by atoms with E-state index in [2.05, 4.69) is 46.4 Å². The van der Waals surface area contributed by atoms with E-state index in [1.54, 1.807) is 0 Å². The second kappa shape index (κ2) is 9.06. The number of aromatic nitrogens is 1. The average Bonchev–Trinajstić information content (AvgIpc) is 3.17. The standard InChI is InChI=1S/C25H23ClN2O2/c26-24-21(16-27-22-11-6-18(7-12-22)8-13-23(29)30)10-9-20-14-15-28(25(20)24)17-19-4-2-1-3-5-19/h1-7,9-12,14-15,27H,8,13,16-17H2,(H,29,30). The van der Waals surface area contributed by atoms with Crippen LogP contribution in [0.25, 0.3) is 10.9 Å². The SMILES string of the molecule is O=C(O)CCc1ccc(NCc2ccc3ccn(Cc4ccccc4)c3c2Cl)cc1. The second-order valence-corrected chi connectivity index (χ2v) is 7.73. The zero-order valence-corrected chi connectivity index (χ0v) is 17.3. The number of hydrogen-bond acceptors (Lipinski definition) is 2. The van der Waals surface area contributed by atoms with E-state index in [1.165, 1.54) is 5.56 Å². The zero-order chi connectivity index (χ0) is 20.9. The molecule has 0 saturated carbocycles. The third kappa shape index (κ3) is 4.66. The molecule has 3 aromatic carbocycles. The van der Waals surface area contributed by atoms with Gasteiger partial charge in [-0.15, -0.1) is 0 Å². The Hall–Kier alpha value is -3.24. The van der Waals surface area contributed by atoms with Crippen molar-refractivity contribution in [1.82, 2.24) is 4.57 Å². The second-order valence-electron chi connectivity index (χ2n) is 7.35. The predicted octanol–water partition coefficient (Wildman–Crippen LogP) is 5.97. The molecular weight excluding hydrogens is 396 g/mol. The maximum absolute atomic E-state index is 10.7. The highest BCUT2D eigenvalue weighted by atomic mass is 35.5. The molecule has 4 aromatic rings. The van der Waals surface area contributed by atoms with Crippen LogP contribution in [-0.4, -0.2) is 15.6 Å². The fraction of sp³-hybridized carbons (Fsp3) is 0.160. The van der Waals surface area contributed by atoms with E-state index in [9.17, 15) is 4.79 Å². The molecule has 0 atom stereocenters. The van der Waals surface area contributed by atoms with Crippen molar-refractivity contribution in [2.45, 2.75) is 25.9 Å². The first-order valence-electron chi connectivity index (χ1n) is 9.95. The fourth-order valence-electron chi connectivity index (χ4n) is 3.58. The number of nitrogens with one attached hydrogen (secondary N) is 1. The molecule has 5 heteroatoms. The van der Waals surface area contributed by atoms with E-state index in [1.807, 2.05) is 42.5 Å². The van der Waals surface area contributed by atoms with Gasteiger partial charge < -0.3 is 15.0 Å². The fourth-order valence-corrected chi connectivity index (χ4v) is 3.93. The number of rotatable bonds is 8. The molecule has 0 bridgehead atoms. The highest BCUT2D eigenvalue weighted by Gasteiger charge is 2.11. The van der Waals surface area contributed by atoms with Gasteiger partial charge in [0.2, 0.25) is 0 Å². The Balaban J connectivity index is 1.48. The number of carboxylic acids is 1. The molecule has 0 aliphatic carbocycles. The monoisotopic (exact) mass is 418 g/mol. The Morgan fingerprint density at radius 3 is 2.43 bits per heavy atom. The van der Waals surface area contributed by atoms with Gasteiger partial charge in [0.1, 0.15) is 0 Å². The van der Waals surface area contributed by atoms with Gasteiger partial charge in [0, 0.05) is 36.8 Å². The molecule has 0 aliphatic heterocycles. The summed E-state index contributed by atoms with van der Waals surface area (Å²) in [7, 11) is 0. The lowest BCUT2D eigenvalue weighted by Crippen LogP contribution is -2.03. The number of halogens is 1. The minimum atomic E-state index is -0.778. The first-order valence-corrected chi connectivity index (χ1v) is 10.3. The molecule has 0 radical (unpaired) electrons. The topological polar surface area (TPSA) is 54.3 Å². The van der Waals surface area contributed by atoms with E-state index in [0.717, 1.165) is 39.3 Å². The van der Waals surface area contributed by atoms with Gasteiger partial charge in [-0.3, -0.25) is 4.79 Å². The number of hydrogen-bond donors (Lipinski definition) is 2. The van der Waals surface area contributed by atoms with Crippen LogP contribution in [-0.2, 0) is 24.3 Å². The third-order valence-corrected chi connectivity index (χ3v) is 5.63. The molecule has 0 aliphatic rings. The van der Waals surface area contributed by atoms with Crippen molar-refractivity contribution in [2.24, 2.45) is 0 Å². The summed E-state index contributed by atoms with van der Waals surface area (Å²) in [4.78, 5) is 10.7. The van der Waals surface area contributed by atoms with Crippen molar-refractivity contribution in [3.63, 3.8) is 0 Å². The lowest BCUT2D eigenvalue weighted by molar-refractivity contribution is -0.136. The van der Waals surface area contributed by atoms with Gasteiger partial charge in [0.15, 0.2) is 0 Å². The average molecular weight is 419 g/mol. The summed E-state index contributed by atoms with van der Waals surface area (Å²) in [6, 6.07) is 24.5. The normalized spacial score (nSPS) is 11.0. The molecule has 4 nitrogen and oxygen atoms in total. The number of carboxylic acid groups (broad SMARTS) is 1. The van der Waals surface area contributed by atoms with Crippen LogP contribution in [0.4, 0.5) is 5.69 Å². The minimum Gasteiger partial charge on any atom is -0.481 e. The first kappa shape index (κ1) is 20.0.